The van der Waals surface area contributed by atoms with Crippen LogP contribution in [0.2, 0.25) is 0 Å². The Morgan fingerprint density at radius 3 is 2.39 bits per heavy atom. The molecule has 0 saturated carbocycles. The van der Waals surface area contributed by atoms with Crippen LogP contribution in [0.4, 0.5) is 18.9 Å². The lowest BCUT2D eigenvalue weighted by atomic mass is 9.83. The molecular formula is C22H28ClF3N2O3. The summed E-state index contributed by atoms with van der Waals surface area (Å²) in [7, 11) is 2.01. The third-order valence-corrected chi connectivity index (χ3v) is 6.49. The summed E-state index contributed by atoms with van der Waals surface area (Å²) in [6.45, 7) is 4.22. The quantitative estimate of drug-likeness (QED) is 0.570. The molecule has 2 fully saturated rings. The zero-order valence-electron chi connectivity index (χ0n) is 17.6. The van der Waals surface area contributed by atoms with E-state index in [2.05, 4.69) is 9.80 Å². The van der Waals surface area contributed by atoms with E-state index in [1.807, 2.05) is 7.05 Å². The normalized spacial score (nSPS) is 20.0. The van der Waals surface area contributed by atoms with E-state index in [0.717, 1.165) is 25.9 Å². The number of hydrogen-bond donors (Lipinski definition) is 0. The maximum Gasteiger partial charge on any atom is 0.450 e. The highest BCUT2D eigenvalue weighted by atomic mass is 35.5. The van der Waals surface area contributed by atoms with Gasteiger partial charge in [-0.3, -0.25) is 9.59 Å². The number of piperazine rings is 1. The first-order valence-corrected chi connectivity index (χ1v) is 11.0. The second kappa shape index (κ2) is 10.3. The highest BCUT2D eigenvalue weighted by Gasteiger charge is 2.44. The van der Waals surface area contributed by atoms with Crippen LogP contribution in [0.1, 0.15) is 47.5 Å². The minimum Gasteiger partial charge on any atom is -0.381 e. The molecule has 1 aromatic carbocycles. The zero-order chi connectivity index (χ0) is 22.6. The smallest absolute Gasteiger partial charge is 0.381 e. The van der Waals surface area contributed by atoms with Gasteiger partial charge in [0.05, 0.1) is 5.92 Å². The van der Waals surface area contributed by atoms with Crippen molar-refractivity contribution in [2.24, 2.45) is 5.92 Å². The Bertz CT molecular complexity index is 789. The first-order chi connectivity index (χ1) is 14.7. The summed E-state index contributed by atoms with van der Waals surface area (Å²) in [5, 5.41) is -0.856. The van der Waals surface area contributed by atoms with Crippen molar-refractivity contribution in [1.29, 1.82) is 0 Å². The van der Waals surface area contributed by atoms with Gasteiger partial charge in [-0.15, -0.1) is 0 Å². The fourth-order valence-corrected chi connectivity index (χ4v) is 4.51. The van der Waals surface area contributed by atoms with Crippen LogP contribution in [-0.4, -0.2) is 68.5 Å². The molecule has 31 heavy (non-hydrogen) atoms. The molecule has 2 heterocycles. The number of likely N-dealkylation sites (N-methyl/N-ethyl adjacent to an activating group) is 1. The Labute approximate surface area is 185 Å². The monoisotopic (exact) mass is 460 g/mol. The maximum atomic E-state index is 13.5. The van der Waals surface area contributed by atoms with Gasteiger partial charge < -0.3 is 14.5 Å². The van der Waals surface area contributed by atoms with Gasteiger partial charge in [-0.05, 0) is 74.0 Å². The van der Waals surface area contributed by atoms with E-state index >= 15 is 0 Å². The van der Waals surface area contributed by atoms with Gasteiger partial charge in [0.2, 0.25) is 5.78 Å². The fraction of sp³-hybridized carbons (Fsp3) is 0.636. The Morgan fingerprint density at radius 1 is 1.16 bits per heavy atom. The highest BCUT2D eigenvalue weighted by molar-refractivity contribution is 6.68. The highest BCUT2D eigenvalue weighted by Crippen LogP contribution is 2.37. The van der Waals surface area contributed by atoms with Gasteiger partial charge in [0.15, 0.2) is 0 Å². The van der Waals surface area contributed by atoms with E-state index < -0.39 is 23.1 Å². The van der Waals surface area contributed by atoms with Gasteiger partial charge >= 0.3 is 6.18 Å². The van der Waals surface area contributed by atoms with Crippen molar-refractivity contribution in [2.75, 3.05) is 51.3 Å². The van der Waals surface area contributed by atoms with Crippen molar-refractivity contribution < 1.29 is 27.5 Å². The number of hydrogen-bond acceptors (Lipinski definition) is 5. The summed E-state index contributed by atoms with van der Waals surface area (Å²) < 4.78 is 45.8. The third-order valence-electron chi connectivity index (χ3n) is 6.29. The summed E-state index contributed by atoms with van der Waals surface area (Å²) in [6, 6.07) is 4.70. The van der Waals surface area contributed by atoms with E-state index in [-0.39, 0.29) is 23.5 Å². The molecule has 9 heteroatoms. The predicted molar refractivity (Wildman–Crippen MR) is 113 cm³/mol. The number of Topliss-reactive ketones (excluding diaryl/α,β-unsaturated/α-hetero) is 1. The number of ether oxygens (including phenoxy) is 1. The summed E-state index contributed by atoms with van der Waals surface area (Å²) in [5.41, 5.74) is 0.746. The zero-order valence-corrected chi connectivity index (χ0v) is 18.3. The van der Waals surface area contributed by atoms with Gasteiger partial charge in [0.25, 0.3) is 5.24 Å². The van der Waals surface area contributed by atoms with Crippen molar-refractivity contribution in [3.05, 3.63) is 29.3 Å². The van der Waals surface area contributed by atoms with Crippen LogP contribution in [0.15, 0.2) is 18.2 Å². The van der Waals surface area contributed by atoms with Crippen LogP contribution in [0.3, 0.4) is 0 Å². The van der Waals surface area contributed by atoms with Gasteiger partial charge in [-0.2, -0.15) is 13.2 Å². The lowest BCUT2D eigenvalue weighted by molar-refractivity contribution is -0.173. The largest absolute Gasteiger partial charge is 0.450 e. The Hall–Kier alpha value is -1.64. The van der Waals surface area contributed by atoms with Crippen molar-refractivity contribution in [3.8, 4) is 0 Å². The average molecular weight is 461 g/mol. The lowest BCUT2D eigenvalue weighted by Gasteiger charge is -2.34. The minimum atomic E-state index is -4.99. The molecule has 5 nitrogen and oxygen atoms in total. The van der Waals surface area contributed by atoms with Gasteiger partial charge in [0.1, 0.15) is 0 Å². The third kappa shape index (κ3) is 6.20. The SMILES string of the molecule is CN1CCN(c2ccc(C(=O)Cl)c(C(CCC3CCOCC3)C(=O)C(F)(F)F)c2)CC1. The molecule has 0 amide bonds. The summed E-state index contributed by atoms with van der Waals surface area (Å²) >= 11 is 5.71. The minimum absolute atomic E-state index is 0.0202. The number of carbonyl (C=O) groups excluding carboxylic acids is 2. The topological polar surface area (TPSA) is 49.9 Å². The molecule has 0 aromatic heterocycles. The van der Waals surface area contributed by atoms with E-state index in [1.165, 1.54) is 6.07 Å². The van der Waals surface area contributed by atoms with Crippen molar-refractivity contribution >= 4 is 28.3 Å². The van der Waals surface area contributed by atoms with Gasteiger partial charge in [0, 0.05) is 50.6 Å². The van der Waals surface area contributed by atoms with Crippen LogP contribution < -0.4 is 4.90 Å². The van der Waals surface area contributed by atoms with Crippen molar-refractivity contribution in [1.82, 2.24) is 4.90 Å². The first kappa shape index (κ1) is 24.0. The number of nitrogens with zero attached hydrogens (tertiary/aromatic N) is 2. The van der Waals surface area contributed by atoms with Crippen molar-refractivity contribution in [3.63, 3.8) is 0 Å². The van der Waals surface area contributed by atoms with E-state index in [1.54, 1.807) is 12.1 Å². The maximum absolute atomic E-state index is 13.5. The van der Waals surface area contributed by atoms with Crippen molar-refractivity contribution in [2.45, 2.75) is 37.8 Å². The molecule has 0 radical (unpaired) electrons. The molecule has 2 aliphatic rings. The fourth-order valence-electron chi connectivity index (χ4n) is 4.34. The number of rotatable bonds is 7. The number of alkyl halides is 3. The Kier molecular flexibility index (Phi) is 7.99. The summed E-state index contributed by atoms with van der Waals surface area (Å²) in [6.07, 6.45) is -2.99. The molecule has 1 aromatic rings. The first-order valence-electron chi connectivity index (χ1n) is 10.6. The number of benzene rings is 1. The molecule has 0 bridgehead atoms. The molecule has 2 saturated heterocycles. The Balaban J connectivity index is 1.93. The van der Waals surface area contributed by atoms with Crippen LogP contribution in [0, 0.1) is 5.92 Å². The molecular weight excluding hydrogens is 433 g/mol. The molecule has 0 spiro atoms. The molecule has 172 valence electrons. The molecule has 0 aliphatic carbocycles. The molecule has 2 aliphatic heterocycles. The van der Waals surface area contributed by atoms with Crippen LogP contribution in [-0.2, 0) is 9.53 Å². The second-order valence-electron chi connectivity index (χ2n) is 8.38. The predicted octanol–water partition coefficient (Wildman–Crippen LogP) is 4.24. The van der Waals surface area contributed by atoms with Crippen LogP contribution in [0.25, 0.3) is 0 Å². The molecule has 0 N–H and O–H groups in total. The molecule has 1 atom stereocenters. The average Bonchev–Trinajstić information content (AvgIpc) is 2.74. The number of ketones is 1. The van der Waals surface area contributed by atoms with Gasteiger partial charge in [-0.1, -0.05) is 0 Å². The standard InChI is InChI=1S/C22H28ClF3N2O3/c1-27-8-10-28(11-9-27)16-3-5-18(21(23)30)19(14-16)17(20(29)22(24,25)26)4-2-15-6-12-31-13-7-15/h3,5,14-15,17H,2,4,6-13H2,1H3. The van der Waals surface area contributed by atoms with E-state index in [9.17, 15) is 22.8 Å². The molecule has 1 unspecified atom stereocenters. The van der Waals surface area contributed by atoms with E-state index in [4.69, 9.17) is 16.3 Å². The van der Waals surface area contributed by atoms with Crippen LogP contribution >= 0.6 is 11.6 Å². The van der Waals surface area contributed by atoms with E-state index in [0.29, 0.717) is 38.4 Å². The second-order valence-corrected chi connectivity index (χ2v) is 8.73. The van der Waals surface area contributed by atoms with Crippen LogP contribution in [0.5, 0.6) is 0 Å². The number of carbonyl (C=O) groups is 2. The summed E-state index contributed by atoms with van der Waals surface area (Å²) in [4.78, 5) is 28.7. The Morgan fingerprint density at radius 2 is 1.81 bits per heavy atom. The van der Waals surface area contributed by atoms with Gasteiger partial charge in [-0.25, -0.2) is 0 Å². The lowest BCUT2D eigenvalue weighted by Crippen LogP contribution is -2.44. The summed E-state index contributed by atoms with van der Waals surface area (Å²) in [5.74, 6) is -3.07. The number of halogens is 4. The molecule has 3 rings (SSSR count). The number of anilines is 1.